The van der Waals surface area contributed by atoms with E-state index >= 15 is 0 Å². The second-order valence-corrected chi connectivity index (χ2v) is 6.62. The van der Waals surface area contributed by atoms with Crippen molar-refractivity contribution < 1.29 is 19.1 Å². The van der Waals surface area contributed by atoms with Crippen LogP contribution in [-0.2, 0) is 19.1 Å². The molecule has 2 atom stereocenters. The Kier molecular flexibility index (Phi) is 6.98. The zero-order valence-corrected chi connectivity index (χ0v) is 15.9. The lowest BCUT2D eigenvalue weighted by Gasteiger charge is -2.30. The van der Waals surface area contributed by atoms with Gasteiger partial charge in [0.25, 0.3) is 0 Å². The fourth-order valence-corrected chi connectivity index (χ4v) is 3.33. The number of ether oxygens (including phenoxy) is 2. The van der Waals surface area contributed by atoms with Crippen LogP contribution in [0.25, 0.3) is 0 Å². The molecule has 0 amide bonds. The van der Waals surface area contributed by atoms with E-state index in [4.69, 9.17) is 14.3 Å². The SMILES string of the molecule is CCCCO[C@@H]1C[C@@H](C(=O)OC)N(C(c2ccccc2)c2ccccc2)O1. The summed E-state index contributed by atoms with van der Waals surface area (Å²) in [4.78, 5) is 18.6. The first kappa shape index (κ1) is 19.5. The molecule has 1 fully saturated rings. The number of unbranched alkanes of at least 4 members (excludes halogenated alkanes) is 1. The molecule has 0 aliphatic carbocycles. The maximum absolute atomic E-state index is 12.5. The van der Waals surface area contributed by atoms with Gasteiger partial charge in [0.15, 0.2) is 6.29 Å². The van der Waals surface area contributed by atoms with Crippen molar-refractivity contribution in [1.29, 1.82) is 0 Å². The number of carbonyl (C=O) groups is 1. The van der Waals surface area contributed by atoms with E-state index < -0.39 is 12.3 Å². The van der Waals surface area contributed by atoms with Gasteiger partial charge in [-0.05, 0) is 17.5 Å². The van der Waals surface area contributed by atoms with Crippen molar-refractivity contribution >= 4 is 5.97 Å². The first-order chi connectivity index (χ1) is 13.2. The monoisotopic (exact) mass is 369 g/mol. The van der Waals surface area contributed by atoms with Crippen molar-refractivity contribution in [3.8, 4) is 0 Å². The lowest BCUT2D eigenvalue weighted by molar-refractivity contribution is -0.253. The molecule has 27 heavy (non-hydrogen) atoms. The van der Waals surface area contributed by atoms with Crippen molar-refractivity contribution in [3.63, 3.8) is 0 Å². The maximum Gasteiger partial charge on any atom is 0.325 e. The van der Waals surface area contributed by atoms with Gasteiger partial charge in [-0.2, -0.15) is 5.06 Å². The Labute approximate surface area is 160 Å². The highest BCUT2D eigenvalue weighted by atomic mass is 16.8. The van der Waals surface area contributed by atoms with Crippen molar-refractivity contribution in [2.45, 2.75) is 44.6 Å². The minimum atomic E-state index is -0.521. The minimum absolute atomic E-state index is 0.226. The van der Waals surface area contributed by atoms with Gasteiger partial charge in [-0.1, -0.05) is 74.0 Å². The van der Waals surface area contributed by atoms with E-state index in [2.05, 4.69) is 6.92 Å². The summed E-state index contributed by atoms with van der Waals surface area (Å²) in [6.45, 7) is 2.73. The number of nitrogens with zero attached hydrogens (tertiary/aromatic N) is 1. The van der Waals surface area contributed by atoms with Crippen LogP contribution in [0.15, 0.2) is 60.7 Å². The molecule has 1 aliphatic heterocycles. The Morgan fingerprint density at radius 2 is 1.70 bits per heavy atom. The molecule has 0 saturated carbocycles. The topological polar surface area (TPSA) is 48.0 Å². The Bertz CT molecular complexity index is 667. The molecule has 0 N–H and O–H groups in total. The summed E-state index contributed by atoms with van der Waals surface area (Å²) in [7, 11) is 1.41. The molecule has 144 valence electrons. The number of methoxy groups -OCH3 is 1. The molecule has 5 heteroatoms. The van der Waals surface area contributed by atoms with Gasteiger partial charge in [-0.15, -0.1) is 0 Å². The van der Waals surface area contributed by atoms with Gasteiger partial charge in [-0.3, -0.25) is 9.63 Å². The summed E-state index contributed by atoms with van der Waals surface area (Å²) in [6, 6.07) is 19.3. The van der Waals surface area contributed by atoms with Crippen molar-refractivity contribution in [2.24, 2.45) is 0 Å². The summed E-state index contributed by atoms with van der Waals surface area (Å²) in [5.74, 6) is -0.312. The smallest absolute Gasteiger partial charge is 0.325 e. The fraction of sp³-hybridized carbons (Fsp3) is 0.409. The van der Waals surface area contributed by atoms with E-state index in [0.29, 0.717) is 13.0 Å². The van der Waals surface area contributed by atoms with Crippen LogP contribution in [0.3, 0.4) is 0 Å². The van der Waals surface area contributed by atoms with Crippen LogP contribution < -0.4 is 0 Å². The van der Waals surface area contributed by atoms with Gasteiger partial charge in [0.1, 0.15) is 6.04 Å². The van der Waals surface area contributed by atoms with Gasteiger partial charge >= 0.3 is 5.97 Å². The number of rotatable bonds is 8. The van der Waals surface area contributed by atoms with E-state index in [0.717, 1.165) is 24.0 Å². The predicted molar refractivity (Wildman–Crippen MR) is 103 cm³/mol. The molecule has 5 nitrogen and oxygen atoms in total. The van der Waals surface area contributed by atoms with Crippen LogP contribution in [0.1, 0.15) is 43.4 Å². The predicted octanol–water partition coefficient (Wildman–Crippen LogP) is 4.10. The second kappa shape index (κ2) is 9.65. The third-order valence-corrected chi connectivity index (χ3v) is 4.72. The number of hydrogen-bond donors (Lipinski definition) is 0. The molecule has 1 aliphatic rings. The zero-order chi connectivity index (χ0) is 19.1. The first-order valence-electron chi connectivity index (χ1n) is 9.49. The van der Waals surface area contributed by atoms with Gasteiger partial charge < -0.3 is 9.47 Å². The number of esters is 1. The van der Waals surface area contributed by atoms with Crippen LogP contribution in [0.2, 0.25) is 0 Å². The van der Waals surface area contributed by atoms with Crippen LogP contribution in [-0.4, -0.2) is 37.1 Å². The summed E-state index contributed by atoms with van der Waals surface area (Å²) in [6.07, 6.45) is 2.01. The molecule has 1 saturated heterocycles. The summed E-state index contributed by atoms with van der Waals surface area (Å²) < 4.78 is 10.9. The normalized spacial score (nSPS) is 20.1. The third-order valence-electron chi connectivity index (χ3n) is 4.72. The standard InChI is InChI=1S/C22H27NO4/c1-3-4-15-26-20-16-19(22(24)25-2)23(27-20)21(17-11-7-5-8-12-17)18-13-9-6-10-14-18/h5-14,19-21H,3-4,15-16H2,1-2H3/t19-,20-/m0/s1. The Morgan fingerprint density at radius 1 is 1.11 bits per heavy atom. The lowest BCUT2D eigenvalue weighted by atomic mass is 9.97. The van der Waals surface area contributed by atoms with Crippen LogP contribution >= 0.6 is 0 Å². The van der Waals surface area contributed by atoms with Crippen molar-refractivity contribution in [1.82, 2.24) is 5.06 Å². The molecule has 0 bridgehead atoms. The van der Waals surface area contributed by atoms with Crippen LogP contribution in [0.4, 0.5) is 0 Å². The summed E-state index contributed by atoms with van der Waals surface area (Å²) >= 11 is 0. The molecule has 2 aromatic rings. The maximum atomic E-state index is 12.5. The van der Waals surface area contributed by atoms with Gasteiger partial charge in [-0.25, -0.2) is 0 Å². The molecule has 0 spiro atoms. The third kappa shape index (κ3) is 4.75. The minimum Gasteiger partial charge on any atom is -0.468 e. The molecule has 1 heterocycles. The molecular formula is C22H27NO4. The average Bonchev–Trinajstić information content (AvgIpc) is 3.13. The van der Waals surface area contributed by atoms with E-state index in [1.54, 1.807) is 5.06 Å². The highest BCUT2D eigenvalue weighted by molar-refractivity contribution is 5.76. The largest absolute Gasteiger partial charge is 0.468 e. The quantitative estimate of drug-likeness (QED) is 0.518. The van der Waals surface area contributed by atoms with Crippen LogP contribution in [0.5, 0.6) is 0 Å². The molecular weight excluding hydrogens is 342 g/mol. The molecule has 0 unspecified atom stereocenters. The number of carbonyl (C=O) groups excluding carboxylic acids is 1. The number of hydroxylamine groups is 2. The highest BCUT2D eigenvalue weighted by Crippen LogP contribution is 2.36. The molecule has 3 rings (SSSR count). The highest BCUT2D eigenvalue weighted by Gasteiger charge is 2.44. The van der Waals surface area contributed by atoms with Crippen molar-refractivity contribution in [2.75, 3.05) is 13.7 Å². The average molecular weight is 369 g/mol. The fourth-order valence-electron chi connectivity index (χ4n) is 3.33. The Balaban J connectivity index is 1.91. The molecule has 0 aromatic heterocycles. The first-order valence-corrected chi connectivity index (χ1v) is 9.49. The number of benzene rings is 2. The zero-order valence-electron chi connectivity index (χ0n) is 15.9. The molecule has 0 radical (unpaired) electrons. The van der Waals surface area contributed by atoms with E-state index in [-0.39, 0.29) is 12.0 Å². The van der Waals surface area contributed by atoms with Crippen molar-refractivity contribution in [3.05, 3.63) is 71.8 Å². The van der Waals surface area contributed by atoms with E-state index in [1.807, 2.05) is 60.7 Å². The van der Waals surface area contributed by atoms with Gasteiger partial charge in [0.2, 0.25) is 0 Å². The van der Waals surface area contributed by atoms with Gasteiger partial charge in [0.05, 0.1) is 13.2 Å². The Morgan fingerprint density at radius 3 is 2.22 bits per heavy atom. The second-order valence-electron chi connectivity index (χ2n) is 6.62. The van der Waals surface area contributed by atoms with Crippen LogP contribution in [0, 0.1) is 0 Å². The Hall–Kier alpha value is -2.21. The van der Waals surface area contributed by atoms with Gasteiger partial charge in [0, 0.05) is 13.0 Å². The van der Waals surface area contributed by atoms with E-state index in [9.17, 15) is 4.79 Å². The summed E-state index contributed by atoms with van der Waals surface area (Å²) in [5.41, 5.74) is 2.10. The summed E-state index contributed by atoms with van der Waals surface area (Å²) in [5, 5.41) is 1.74. The van der Waals surface area contributed by atoms with E-state index in [1.165, 1.54) is 7.11 Å². The molecule has 2 aromatic carbocycles. The lowest BCUT2D eigenvalue weighted by Crippen LogP contribution is -2.39. The number of hydrogen-bond acceptors (Lipinski definition) is 5.